The summed E-state index contributed by atoms with van der Waals surface area (Å²) in [6, 6.07) is 7.55. The highest BCUT2D eigenvalue weighted by atomic mass is 35.5. The van der Waals surface area contributed by atoms with E-state index in [2.05, 4.69) is 5.32 Å². The first-order valence-corrected chi connectivity index (χ1v) is 8.11. The number of halogens is 1. The smallest absolute Gasteiger partial charge is 0.308 e. The van der Waals surface area contributed by atoms with E-state index in [9.17, 15) is 9.59 Å². The Morgan fingerprint density at radius 2 is 2.05 bits per heavy atom. The van der Waals surface area contributed by atoms with Crippen LogP contribution >= 0.6 is 11.6 Å². The van der Waals surface area contributed by atoms with Crippen molar-refractivity contribution in [2.75, 3.05) is 6.54 Å². The van der Waals surface area contributed by atoms with E-state index in [1.54, 1.807) is 0 Å². The highest BCUT2D eigenvalue weighted by Crippen LogP contribution is 2.49. The molecule has 0 aliphatic heterocycles. The maximum absolute atomic E-state index is 12.4. The van der Waals surface area contributed by atoms with Crippen molar-refractivity contribution in [3.8, 4) is 0 Å². The summed E-state index contributed by atoms with van der Waals surface area (Å²) < 4.78 is 0. The number of hydrogen-bond donors (Lipinski definition) is 2. The summed E-state index contributed by atoms with van der Waals surface area (Å²) in [6.07, 6.45) is 3.64. The second-order valence-corrected chi connectivity index (χ2v) is 6.49. The first kappa shape index (κ1) is 16.8. The van der Waals surface area contributed by atoms with Crippen LogP contribution in [0.3, 0.4) is 0 Å². The molecule has 120 valence electrons. The van der Waals surface area contributed by atoms with Gasteiger partial charge in [-0.25, -0.2) is 0 Å². The van der Waals surface area contributed by atoms with Crippen molar-refractivity contribution in [3.05, 3.63) is 34.9 Å². The van der Waals surface area contributed by atoms with Crippen LogP contribution in [0.1, 0.15) is 38.2 Å². The van der Waals surface area contributed by atoms with Crippen LogP contribution in [-0.4, -0.2) is 23.5 Å². The molecular formula is C17H22ClNO3. The van der Waals surface area contributed by atoms with E-state index in [4.69, 9.17) is 16.7 Å². The van der Waals surface area contributed by atoms with E-state index in [-0.39, 0.29) is 12.5 Å². The number of carboxylic acid groups (broad SMARTS) is 1. The minimum atomic E-state index is -0.849. The van der Waals surface area contributed by atoms with Gasteiger partial charge in [0, 0.05) is 11.6 Å². The molecule has 1 aliphatic rings. The fraction of sp³-hybridized carbons (Fsp3) is 0.529. The number of carbonyl (C=O) groups excluding carboxylic acids is 1. The number of rotatable bonds is 8. The first-order valence-electron chi connectivity index (χ1n) is 7.73. The Balaban J connectivity index is 1.94. The lowest BCUT2D eigenvalue weighted by Gasteiger charge is -2.18. The lowest BCUT2D eigenvalue weighted by molar-refractivity contribution is -0.142. The number of amides is 1. The topological polar surface area (TPSA) is 66.4 Å². The van der Waals surface area contributed by atoms with Crippen LogP contribution in [0.25, 0.3) is 0 Å². The van der Waals surface area contributed by atoms with Gasteiger partial charge in [0.15, 0.2) is 0 Å². The molecule has 4 nitrogen and oxygen atoms in total. The maximum Gasteiger partial charge on any atom is 0.308 e. The lowest BCUT2D eigenvalue weighted by Crippen LogP contribution is -2.38. The average Bonchev–Trinajstić information content (AvgIpc) is 3.26. The van der Waals surface area contributed by atoms with Crippen LogP contribution in [0.5, 0.6) is 0 Å². The van der Waals surface area contributed by atoms with Gasteiger partial charge in [-0.05, 0) is 37.3 Å². The Morgan fingerprint density at radius 1 is 1.36 bits per heavy atom. The van der Waals surface area contributed by atoms with Gasteiger partial charge in [-0.2, -0.15) is 0 Å². The van der Waals surface area contributed by atoms with Crippen LogP contribution in [-0.2, 0) is 16.0 Å². The number of carbonyl (C=O) groups is 2. The summed E-state index contributed by atoms with van der Waals surface area (Å²) in [5.74, 6) is -1.40. The van der Waals surface area contributed by atoms with E-state index < -0.39 is 17.3 Å². The monoisotopic (exact) mass is 323 g/mol. The molecule has 1 fully saturated rings. The summed E-state index contributed by atoms with van der Waals surface area (Å²) in [5, 5.41) is 12.6. The predicted octanol–water partition coefficient (Wildman–Crippen LogP) is 3.28. The third kappa shape index (κ3) is 4.01. The molecule has 1 atom stereocenters. The molecule has 1 aromatic carbocycles. The molecule has 2 N–H and O–H groups in total. The zero-order valence-corrected chi connectivity index (χ0v) is 13.5. The van der Waals surface area contributed by atoms with Crippen LogP contribution < -0.4 is 5.32 Å². The lowest BCUT2D eigenvalue weighted by atomic mass is 9.95. The van der Waals surface area contributed by atoms with Crippen LogP contribution in [0.15, 0.2) is 24.3 Å². The van der Waals surface area contributed by atoms with Gasteiger partial charge in [0.25, 0.3) is 0 Å². The van der Waals surface area contributed by atoms with Crippen LogP contribution in [0.4, 0.5) is 0 Å². The van der Waals surface area contributed by atoms with Gasteiger partial charge in [0.2, 0.25) is 5.91 Å². The van der Waals surface area contributed by atoms with Gasteiger partial charge < -0.3 is 10.4 Å². The fourth-order valence-electron chi connectivity index (χ4n) is 2.71. The largest absolute Gasteiger partial charge is 0.481 e. The second kappa shape index (κ2) is 7.14. The molecule has 1 aromatic rings. The van der Waals surface area contributed by atoms with Gasteiger partial charge in [0.1, 0.15) is 0 Å². The Kier molecular flexibility index (Phi) is 5.46. The van der Waals surface area contributed by atoms with Gasteiger partial charge in [0.05, 0.1) is 11.3 Å². The Morgan fingerprint density at radius 3 is 2.59 bits per heavy atom. The SMILES string of the molecule is CCCC(CNC(=O)C1(Cc2ccccc2Cl)CC1)C(=O)O. The highest BCUT2D eigenvalue weighted by molar-refractivity contribution is 6.31. The van der Waals surface area contributed by atoms with Gasteiger partial charge in [-0.15, -0.1) is 0 Å². The van der Waals surface area contributed by atoms with E-state index in [0.29, 0.717) is 17.9 Å². The Bertz CT molecular complexity index is 555. The van der Waals surface area contributed by atoms with Crippen molar-refractivity contribution in [1.29, 1.82) is 0 Å². The molecule has 1 amide bonds. The molecule has 1 aliphatic carbocycles. The van der Waals surface area contributed by atoms with Crippen molar-refractivity contribution < 1.29 is 14.7 Å². The van der Waals surface area contributed by atoms with Crippen molar-refractivity contribution >= 4 is 23.5 Å². The summed E-state index contributed by atoms with van der Waals surface area (Å²) >= 11 is 6.16. The standard InChI is InChI=1S/C17H22ClNO3/c1-2-5-13(15(20)21)11-19-16(22)17(8-9-17)10-12-6-3-4-7-14(12)18/h3-4,6-7,13H,2,5,8-11H2,1H3,(H,19,22)(H,20,21). The third-order valence-corrected chi connectivity index (χ3v) is 4.69. The molecule has 0 heterocycles. The third-order valence-electron chi connectivity index (χ3n) is 4.32. The fourth-order valence-corrected chi connectivity index (χ4v) is 2.91. The number of hydrogen-bond acceptors (Lipinski definition) is 2. The van der Waals surface area contributed by atoms with Gasteiger partial charge >= 0.3 is 5.97 Å². The zero-order chi connectivity index (χ0) is 16.2. The number of nitrogens with one attached hydrogen (secondary N) is 1. The molecule has 22 heavy (non-hydrogen) atoms. The molecule has 1 unspecified atom stereocenters. The number of aliphatic carboxylic acids is 1. The number of benzene rings is 1. The first-order chi connectivity index (χ1) is 10.5. The van der Waals surface area contributed by atoms with E-state index in [0.717, 1.165) is 24.8 Å². The molecular weight excluding hydrogens is 302 g/mol. The normalized spacial score (nSPS) is 16.8. The van der Waals surface area contributed by atoms with Crippen molar-refractivity contribution in [3.63, 3.8) is 0 Å². The van der Waals surface area contributed by atoms with Crippen molar-refractivity contribution in [1.82, 2.24) is 5.32 Å². The summed E-state index contributed by atoms with van der Waals surface area (Å²) in [4.78, 5) is 23.6. The van der Waals surface area contributed by atoms with Crippen LogP contribution in [0, 0.1) is 11.3 Å². The minimum absolute atomic E-state index is 0.0465. The summed E-state index contributed by atoms with van der Waals surface area (Å²) in [5.41, 5.74) is 0.570. The molecule has 0 bridgehead atoms. The Hall–Kier alpha value is -1.55. The van der Waals surface area contributed by atoms with Crippen LogP contribution in [0.2, 0.25) is 5.02 Å². The van der Waals surface area contributed by atoms with Crippen molar-refractivity contribution in [2.45, 2.75) is 39.0 Å². The summed E-state index contributed by atoms with van der Waals surface area (Å²) in [6.45, 7) is 2.14. The molecule has 0 aromatic heterocycles. The maximum atomic E-state index is 12.4. The average molecular weight is 324 g/mol. The van der Waals surface area contributed by atoms with E-state index in [1.807, 2.05) is 31.2 Å². The molecule has 0 saturated heterocycles. The molecule has 2 rings (SSSR count). The van der Waals surface area contributed by atoms with Crippen molar-refractivity contribution in [2.24, 2.45) is 11.3 Å². The Labute approximate surface area is 135 Å². The highest BCUT2D eigenvalue weighted by Gasteiger charge is 2.49. The molecule has 5 heteroatoms. The molecule has 0 spiro atoms. The van der Waals surface area contributed by atoms with E-state index >= 15 is 0 Å². The predicted molar refractivity (Wildman–Crippen MR) is 85.9 cm³/mol. The summed E-state index contributed by atoms with van der Waals surface area (Å²) in [7, 11) is 0. The minimum Gasteiger partial charge on any atom is -0.481 e. The quantitative estimate of drug-likeness (QED) is 0.771. The molecule has 1 saturated carbocycles. The van der Waals surface area contributed by atoms with E-state index in [1.165, 1.54) is 0 Å². The zero-order valence-electron chi connectivity index (χ0n) is 12.8. The molecule has 0 radical (unpaired) electrons. The number of carboxylic acids is 1. The van der Waals surface area contributed by atoms with Gasteiger partial charge in [-0.3, -0.25) is 9.59 Å². The second-order valence-electron chi connectivity index (χ2n) is 6.08. The van der Waals surface area contributed by atoms with Gasteiger partial charge in [-0.1, -0.05) is 43.1 Å².